The lowest BCUT2D eigenvalue weighted by Gasteiger charge is -2.24. The first kappa shape index (κ1) is 16.2. The molecule has 2 aromatic carbocycles. The predicted octanol–water partition coefficient (Wildman–Crippen LogP) is 4.30. The summed E-state index contributed by atoms with van der Waals surface area (Å²) in [6, 6.07) is 14.4. The van der Waals surface area contributed by atoms with Crippen LogP contribution in [0.25, 0.3) is 11.8 Å². The highest BCUT2D eigenvalue weighted by atomic mass is 35.5. The van der Waals surface area contributed by atoms with E-state index >= 15 is 0 Å². The molecule has 0 amide bonds. The number of nitrogens with zero attached hydrogens (tertiary/aromatic N) is 1. The molecule has 1 unspecified atom stereocenters. The highest BCUT2D eigenvalue weighted by Crippen LogP contribution is 2.38. The first-order valence-corrected chi connectivity index (χ1v) is 6.97. The number of hydrogen-bond acceptors (Lipinski definition) is 2. The Morgan fingerprint density at radius 3 is 2.23 bits per heavy atom. The minimum absolute atomic E-state index is 0. The van der Waals surface area contributed by atoms with E-state index in [2.05, 4.69) is 25.1 Å². The summed E-state index contributed by atoms with van der Waals surface area (Å²) in [5, 5.41) is 4.79. The minimum atomic E-state index is 0. The number of rotatable bonds is 3. The number of hydrogen-bond donors (Lipinski definition) is 0. The molecular weight excluding hydrogens is 298 g/mol. The van der Waals surface area contributed by atoms with Crippen molar-refractivity contribution in [3.05, 3.63) is 59.2 Å². The quantitative estimate of drug-likeness (QED) is 0.845. The van der Waals surface area contributed by atoms with Gasteiger partial charge in [-0.1, -0.05) is 30.3 Å². The van der Waals surface area contributed by atoms with Crippen LogP contribution in [0, 0.1) is 0 Å². The Morgan fingerprint density at radius 1 is 0.955 bits per heavy atom. The molecule has 3 nitrogen and oxygen atoms in total. The second-order valence-electron chi connectivity index (χ2n) is 5.04. The van der Waals surface area contributed by atoms with Crippen LogP contribution in [-0.4, -0.2) is 14.2 Å². The molecule has 2 aromatic rings. The topological polar surface area (TPSA) is 32.6 Å². The zero-order valence-corrected chi connectivity index (χ0v) is 13.7. The zero-order valence-electron chi connectivity index (χ0n) is 12.9. The van der Waals surface area contributed by atoms with E-state index in [1.54, 1.807) is 14.2 Å². The molecule has 1 aliphatic rings. The molecule has 0 spiro atoms. The Hall–Kier alpha value is -2.13. The van der Waals surface area contributed by atoms with Gasteiger partial charge >= 0.3 is 0 Å². The number of halogens is 1. The van der Waals surface area contributed by atoms with Crippen LogP contribution in [-0.2, 0) is 0 Å². The summed E-state index contributed by atoms with van der Waals surface area (Å²) in [5.74, 6) is 1.49. The summed E-state index contributed by atoms with van der Waals surface area (Å²) in [5.41, 5.74) is 4.42. The summed E-state index contributed by atoms with van der Waals surface area (Å²) in [4.78, 5) is 0. The monoisotopic (exact) mass is 316 g/mol. The third kappa shape index (κ3) is 2.90. The molecule has 0 aromatic heterocycles. The van der Waals surface area contributed by atoms with Gasteiger partial charge in [0.05, 0.1) is 26.0 Å². The molecule has 115 valence electrons. The Kier molecular flexibility index (Phi) is 4.99. The van der Waals surface area contributed by atoms with Crippen molar-refractivity contribution in [3.63, 3.8) is 0 Å². The number of benzene rings is 2. The van der Waals surface area contributed by atoms with Gasteiger partial charge in [0.2, 0.25) is 0 Å². The van der Waals surface area contributed by atoms with Crippen LogP contribution >= 0.6 is 12.4 Å². The van der Waals surface area contributed by atoms with Gasteiger partial charge in [-0.25, -0.2) is 0 Å². The van der Waals surface area contributed by atoms with Gasteiger partial charge in [0.25, 0.3) is 0 Å². The maximum Gasteiger partial charge on any atom is 0.161 e. The van der Waals surface area contributed by atoms with E-state index in [0.29, 0.717) is 0 Å². The summed E-state index contributed by atoms with van der Waals surface area (Å²) in [6.45, 7) is 2.10. The molecule has 1 atom stereocenters. The van der Waals surface area contributed by atoms with Crippen LogP contribution in [0.2, 0.25) is 0 Å². The van der Waals surface area contributed by atoms with Crippen molar-refractivity contribution in [2.24, 2.45) is 0 Å². The van der Waals surface area contributed by atoms with E-state index in [0.717, 1.165) is 33.9 Å². The highest BCUT2D eigenvalue weighted by molar-refractivity contribution is 5.85. The maximum atomic E-state index is 5.39. The summed E-state index contributed by atoms with van der Waals surface area (Å²) >= 11 is 0. The van der Waals surface area contributed by atoms with E-state index in [9.17, 15) is 0 Å². The molecule has 1 heterocycles. The maximum absolute atomic E-state index is 5.39. The zero-order chi connectivity index (χ0) is 14.8. The molecule has 0 bridgehead atoms. The molecule has 22 heavy (non-hydrogen) atoms. The normalized spacial score (nSPS) is 15.8. The molecule has 0 saturated heterocycles. The van der Waals surface area contributed by atoms with Crippen LogP contribution < -0.4 is 14.8 Å². The van der Waals surface area contributed by atoms with Crippen LogP contribution in [0.4, 0.5) is 0 Å². The summed E-state index contributed by atoms with van der Waals surface area (Å²) in [6.07, 6.45) is 2.10. The fourth-order valence-corrected chi connectivity index (χ4v) is 2.63. The van der Waals surface area contributed by atoms with Crippen LogP contribution in [0.5, 0.6) is 11.5 Å². The van der Waals surface area contributed by atoms with E-state index in [-0.39, 0.29) is 18.4 Å². The van der Waals surface area contributed by atoms with Crippen molar-refractivity contribution in [3.8, 4) is 11.5 Å². The second-order valence-corrected chi connectivity index (χ2v) is 5.04. The lowest BCUT2D eigenvalue weighted by molar-refractivity contribution is 0.354. The fraction of sp³-hybridized carbons (Fsp3) is 0.222. The Balaban J connectivity index is 0.00000176. The van der Waals surface area contributed by atoms with Gasteiger partial charge in [0, 0.05) is 0 Å². The van der Waals surface area contributed by atoms with Gasteiger partial charge in [-0.2, -0.15) is 0 Å². The van der Waals surface area contributed by atoms with Gasteiger partial charge < -0.3 is 9.47 Å². The third-order valence-electron chi connectivity index (χ3n) is 3.73. The van der Waals surface area contributed by atoms with E-state index in [4.69, 9.17) is 14.8 Å². The number of methoxy groups -OCH3 is 2. The highest BCUT2D eigenvalue weighted by Gasteiger charge is 2.22. The van der Waals surface area contributed by atoms with Crippen molar-refractivity contribution in [1.82, 2.24) is 5.32 Å². The first-order chi connectivity index (χ1) is 10.2. The van der Waals surface area contributed by atoms with Crippen LogP contribution in [0.15, 0.2) is 42.5 Å². The van der Waals surface area contributed by atoms with Gasteiger partial charge in [-0.3, -0.25) is 5.32 Å². The number of ether oxygens (including phenoxy) is 2. The van der Waals surface area contributed by atoms with Crippen molar-refractivity contribution < 1.29 is 9.47 Å². The predicted molar refractivity (Wildman–Crippen MR) is 91.7 cm³/mol. The van der Waals surface area contributed by atoms with Crippen molar-refractivity contribution in [2.75, 3.05) is 14.2 Å². The Labute approximate surface area is 137 Å². The smallest absolute Gasteiger partial charge is 0.161 e. The molecular formula is C18H19ClNO2. The molecule has 0 saturated carbocycles. The molecule has 3 rings (SSSR count). The molecule has 1 radical (unpaired) electrons. The molecule has 4 heteroatoms. The summed E-state index contributed by atoms with van der Waals surface area (Å²) < 4.78 is 10.8. The first-order valence-electron chi connectivity index (χ1n) is 6.97. The Morgan fingerprint density at radius 2 is 1.59 bits per heavy atom. The summed E-state index contributed by atoms with van der Waals surface area (Å²) in [7, 11) is 3.31. The van der Waals surface area contributed by atoms with Gasteiger partial charge in [0.1, 0.15) is 0 Å². The van der Waals surface area contributed by atoms with E-state index < -0.39 is 0 Å². The lowest BCUT2D eigenvalue weighted by atomic mass is 9.94. The molecule has 1 aliphatic heterocycles. The van der Waals surface area contributed by atoms with Gasteiger partial charge in [0.15, 0.2) is 11.5 Å². The molecule has 0 fully saturated rings. The minimum Gasteiger partial charge on any atom is -0.493 e. The molecule has 0 N–H and O–H groups in total. The number of fused-ring (bicyclic) bond motifs is 1. The largest absolute Gasteiger partial charge is 0.493 e. The SMILES string of the molecule is COc1cc2c(cc1OC)C(C)[N]C(c1ccccc1)=C2.Cl. The average Bonchev–Trinajstić information content (AvgIpc) is 2.54. The lowest BCUT2D eigenvalue weighted by Crippen LogP contribution is -2.15. The Bertz CT molecular complexity index is 683. The van der Waals surface area contributed by atoms with E-state index in [1.165, 1.54) is 0 Å². The fourth-order valence-electron chi connectivity index (χ4n) is 2.63. The van der Waals surface area contributed by atoms with Gasteiger partial charge in [-0.15, -0.1) is 12.4 Å². The van der Waals surface area contributed by atoms with E-state index in [1.807, 2.05) is 30.3 Å². The van der Waals surface area contributed by atoms with Crippen LogP contribution in [0.3, 0.4) is 0 Å². The van der Waals surface area contributed by atoms with Crippen molar-refractivity contribution >= 4 is 24.2 Å². The average molecular weight is 317 g/mol. The molecule has 0 aliphatic carbocycles. The second kappa shape index (κ2) is 6.75. The van der Waals surface area contributed by atoms with Gasteiger partial charge in [-0.05, 0) is 41.8 Å². The van der Waals surface area contributed by atoms with Crippen molar-refractivity contribution in [1.29, 1.82) is 0 Å². The van der Waals surface area contributed by atoms with Crippen LogP contribution in [0.1, 0.15) is 29.7 Å². The standard InChI is InChI=1S/C18H18NO2.ClH/c1-12-15-11-18(21-3)17(20-2)10-14(15)9-16(19-12)13-7-5-4-6-8-13;/h4-12H,1-3H3;1H. The third-order valence-corrected chi connectivity index (χ3v) is 3.73. The van der Waals surface area contributed by atoms with Crippen molar-refractivity contribution in [2.45, 2.75) is 13.0 Å².